The molecule has 25 rings (SSSR count). The van der Waals surface area contributed by atoms with Crippen molar-refractivity contribution in [2.45, 2.75) is 190 Å². The van der Waals surface area contributed by atoms with Crippen LogP contribution >= 0.6 is 0 Å². The van der Waals surface area contributed by atoms with E-state index in [-0.39, 0.29) is 22.0 Å². The van der Waals surface area contributed by atoms with Crippen LogP contribution in [-0.2, 0) is 26.5 Å². The van der Waals surface area contributed by atoms with Crippen molar-refractivity contribution in [2.24, 2.45) is 71.0 Å². The number of carbonyl (C=O) groups is 1. The number of ketones is 1. The van der Waals surface area contributed by atoms with Crippen LogP contribution in [0, 0.1) is 96.7 Å². The number of allylic oxidation sites excluding steroid dienone is 4. The van der Waals surface area contributed by atoms with Crippen molar-refractivity contribution in [2.75, 3.05) is 14.2 Å². The van der Waals surface area contributed by atoms with Gasteiger partial charge in [-0.15, -0.1) is 0 Å². The number of methoxy groups -OCH3 is 2. The Morgan fingerprint density at radius 2 is 0.538 bits per heavy atom. The summed E-state index contributed by atoms with van der Waals surface area (Å²) in [7, 11) is 3.77. The predicted molar refractivity (Wildman–Crippen MR) is 418 cm³/mol. The Kier molecular flexibility index (Phi) is 16.0. The summed E-state index contributed by atoms with van der Waals surface area (Å²) < 4.78 is 26.8. The van der Waals surface area contributed by atoms with Crippen LogP contribution < -0.4 is 18.9 Å². The molecule has 17 aliphatic carbocycles. The fourth-order valence-electron chi connectivity index (χ4n) is 27.0. The zero-order valence-electron chi connectivity index (χ0n) is 61.8. The van der Waals surface area contributed by atoms with Crippen LogP contribution in [0.4, 0.5) is 0 Å². The maximum atomic E-state index is 14.9. The lowest BCUT2D eigenvalue weighted by Gasteiger charge is -2.58. The third kappa shape index (κ3) is 11.5. The second-order valence-corrected chi connectivity index (χ2v) is 36.7. The van der Waals surface area contributed by atoms with E-state index in [0.29, 0.717) is 5.41 Å². The number of carbonyl (C=O) groups excluding carboxylic acids is 1. The third-order valence-corrected chi connectivity index (χ3v) is 29.6. The van der Waals surface area contributed by atoms with Crippen LogP contribution in [0.2, 0.25) is 0 Å². The number of Topliss-reactive ketones (excluding diaryl/α,β-unsaturated/α-hetero) is 1. The van der Waals surface area contributed by atoms with Crippen LogP contribution in [0.25, 0.3) is 22.3 Å². The van der Waals surface area contributed by atoms with Gasteiger partial charge in [-0.05, 0) is 344 Å². The van der Waals surface area contributed by atoms with Gasteiger partial charge in [0.05, 0.1) is 14.2 Å². The summed E-state index contributed by atoms with van der Waals surface area (Å²) >= 11 is 0. The molecular formula is C99H102O5. The minimum atomic E-state index is 0.0599. The highest BCUT2D eigenvalue weighted by Gasteiger charge is 2.58. The second kappa shape index (κ2) is 25.4. The first-order valence-electron chi connectivity index (χ1n) is 40.6. The van der Waals surface area contributed by atoms with Crippen molar-refractivity contribution >= 4 is 28.1 Å². The molecule has 0 saturated heterocycles. The molecule has 0 radical (unpaired) electrons. The lowest BCUT2D eigenvalue weighted by molar-refractivity contribution is -0.108. The van der Waals surface area contributed by atoms with E-state index in [0.717, 1.165) is 161 Å². The fraction of sp³-hybridized carbons (Fsp3) is 0.444. The number of hydrogen-bond donors (Lipinski definition) is 0. The standard InChI is InChI=1S/C57H56O3.C42H46O2/c1-35-13-15-44(16-14-35)51-52(54(43-11-7-4-8-12-43)55(58)53(51)42-9-5-3-6-10-42)45-17-19-46(20-18-45)60-50-28-49(59-2)47(56-29-36-21-37(30-56)23-38(22-36)31-56)27-48(50)57-32-39-24-40(33-57)26-41(25-39)34-57;1-27-3-5-28(6-4-27)7-8-29-9-11-36(12-10-29)44-40-20-39(43-2)37(41-21-30-13-31(22-41)15-32(14-30)23-41)19-38(40)42-24-33-16-34(25-42)18-35(17-33)26-42/h3-20,27-28,36-41H,21-26,29-34H2,1-2H3;3-6,9-12,19-20,30-35H,13-18,21-26H2,1-2H3. The Hall–Kier alpha value is -8.33. The Bertz CT molecular complexity index is 4640. The molecule has 0 N–H and O–H groups in total. The zero-order valence-corrected chi connectivity index (χ0v) is 61.8. The Morgan fingerprint density at radius 1 is 0.288 bits per heavy atom. The van der Waals surface area contributed by atoms with Gasteiger partial charge in [0.25, 0.3) is 0 Å². The van der Waals surface area contributed by atoms with Crippen LogP contribution in [0.5, 0.6) is 34.5 Å². The zero-order chi connectivity index (χ0) is 69.6. The first-order chi connectivity index (χ1) is 50.8. The summed E-state index contributed by atoms with van der Waals surface area (Å²) in [6, 6.07) is 64.4. The lowest BCUT2D eigenvalue weighted by Crippen LogP contribution is -2.50. The van der Waals surface area contributed by atoms with Gasteiger partial charge in [0, 0.05) is 67.8 Å². The van der Waals surface area contributed by atoms with Crippen molar-refractivity contribution in [1.82, 2.24) is 0 Å². The maximum Gasteiger partial charge on any atom is 0.195 e. The molecule has 8 aromatic carbocycles. The molecule has 16 fully saturated rings. The lowest BCUT2D eigenvalue weighted by atomic mass is 9.46. The van der Waals surface area contributed by atoms with Gasteiger partial charge >= 0.3 is 0 Å². The highest BCUT2D eigenvalue weighted by Crippen LogP contribution is 2.69. The molecule has 0 atom stereocenters. The molecule has 0 heterocycles. The molecule has 8 aromatic rings. The van der Waals surface area contributed by atoms with E-state index in [1.54, 1.807) is 0 Å². The summed E-state index contributed by atoms with van der Waals surface area (Å²) in [5, 5.41) is 0. The van der Waals surface area contributed by atoms with E-state index in [1.165, 1.54) is 187 Å². The first-order valence-corrected chi connectivity index (χ1v) is 40.6. The average molecular weight is 1370 g/mol. The SMILES string of the molecule is COc1cc(Oc2ccc(C#Cc3ccc(C)cc3)cc2)c(C23CC4CC(CC(C4)C2)C3)cc1C12CC3CC(CC(C3)C1)C2.COc1cc(Oc2ccc(C3=C(c4ccccc4)C(=O)C(c4ccccc4)=C3c3ccc(C)cc3)cc2)c(C23CC4CC(CC(C4)C2)C3)cc1C12CC3CC(CC(C3)C1)C2. The average Bonchev–Trinajstić information content (AvgIpc) is 0.943. The molecule has 0 spiro atoms. The Balaban J connectivity index is 0.000000145. The molecule has 17 aliphatic rings. The number of aryl methyl sites for hydroxylation is 2. The second-order valence-electron chi connectivity index (χ2n) is 36.7. The van der Waals surface area contributed by atoms with E-state index >= 15 is 0 Å². The highest BCUT2D eigenvalue weighted by atomic mass is 16.5. The first kappa shape index (κ1) is 65.2. The van der Waals surface area contributed by atoms with Gasteiger partial charge in [-0.25, -0.2) is 0 Å². The van der Waals surface area contributed by atoms with E-state index in [9.17, 15) is 4.79 Å². The van der Waals surface area contributed by atoms with Crippen molar-refractivity contribution < 1.29 is 23.7 Å². The number of benzene rings is 8. The minimum Gasteiger partial charge on any atom is -0.496 e. The maximum absolute atomic E-state index is 14.9. The summed E-state index contributed by atoms with van der Waals surface area (Å²) in [6.07, 6.45) is 33.3. The summed E-state index contributed by atoms with van der Waals surface area (Å²) in [4.78, 5) is 14.9. The molecule has 104 heavy (non-hydrogen) atoms. The van der Waals surface area contributed by atoms with Crippen LogP contribution in [0.1, 0.15) is 221 Å². The fourth-order valence-corrected chi connectivity index (χ4v) is 27.0. The number of ether oxygens (including phenoxy) is 4. The van der Waals surface area contributed by atoms with Gasteiger partial charge < -0.3 is 18.9 Å². The van der Waals surface area contributed by atoms with Crippen molar-refractivity contribution in [3.8, 4) is 46.3 Å². The molecule has 5 heteroatoms. The van der Waals surface area contributed by atoms with Crippen molar-refractivity contribution in [1.29, 1.82) is 0 Å². The summed E-state index contributed by atoms with van der Waals surface area (Å²) in [5.41, 5.74) is 18.8. The van der Waals surface area contributed by atoms with Gasteiger partial charge in [0.15, 0.2) is 5.78 Å². The van der Waals surface area contributed by atoms with Crippen molar-refractivity contribution in [3.05, 3.63) is 249 Å². The van der Waals surface area contributed by atoms with E-state index in [1.807, 2.05) is 50.6 Å². The minimum absolute atomic E-state index is 0.0599. The molecule has 0 aromatic heterocycles. The van der Waals surface area contributed by atoms with E-state index in [4.69, 9.17) is 18.9 Å². The molecule has 16 saturated carbocycles. The molecule has 5 nitrogen and oxygen atoms in total. The number of rotatable bonds is 14. The van der Waals surface area contributed by atoms with Gasteiger partial charge in [-0.2, -0.15) is 0 Å². The van der Waals surface area contributed by atoms with E-state index < -0.39 is 0 Å². The quantitative estimate of drug-likeness (QED) is 0.102. The Morgan fingerprint density at radius 3 is 0.837 bits per heavy atom. The number of hydrogen-bond acceptors (Lipinski definition) is 5. The van der Waals surface area contributed by atoms with Crippen LogP contribution in [0.3, 0.4) is 0 Å². The third-order valence-electron chi connectivity index (χ3n) is 29.6. The molecule has 16 bridgehead atoms. The topological polar surface area (TPSA) is 54.0 Å². The van der Waals surface area contributed by atoms with Gasteiger partial charge in [-0.1, -0.05) is 132 Å². The smallest absolute Gasteiger partial charge is 0.195 e. The van der Waals surface area contributed by atoms with Gasteiger partial charge in [0.1, 0.15) is 34.5 Å². The molecular weight excluding hydrogens is 1270 g/mol. The molecule has 0 amide bonds. The molecule has 528 valence electrons. The normalized spacial score (nSPS) is 33.1. The molecule has 0 unspecified atom stereocenters. The predicted octanol–water partition coefficient (Wildman–Crippen LogP) is 24.0. The van der Waals surface area contributed by atoms with Crippen molar-refractivity contribution in [3.63, 3.8) is 0 Å². The van der Waals surface area contributed by atoms with E-state index in [2.05, 4.69) is 171 Å². The highest BCUT2D eigenvalue weighted by molar-refractivity contribution is 6.59. The summed E-state index contributed by atoms with van der Waals surface area (Å²) in [5.74, 6) is 23.1. The monoisotopic (exact) mass is 1370 g/mol. The molecule has 0 aliphatic heterocycles. The Labute approximate surface area is 618 Å². The summed E-state index contributed by atoms with van der Waals surface area (Å²) in [6.45, 7) is 4.22. The van der Waals surface area contributed by atoms with Gasteiger partial charge in [-0.3, -0.25) is 4.79 Å². The largest absolute Gasteiger partial charge is 0.496 e. The van der Waals surface area contributed by atoms with Crippen LogP contribution in [-0.4, -0.2) is 20.0 Å². The van der Waals surface area contributed by atoms with Crippen LogP contribution in [0.15, 0.2) is 182 Å². The van der Waals surface area contributed by atoms with Gasteiger partial charge in [0.2, 0.25) is 0 Å².